The smallest absolute Gasteiger partial charge is 0.276 e. The van der Waals surface area contributed by atoms with Crippen LogP contribution in [-0.2, 0) is 16.1 Å². The fourth-order valence-corrected chi connectivity index (χ4v) is 4.25. The van der Waals surface area contributed by atoms with E-state index in [4.69, 9.17) is 0 Å². The minimum atomic E-state index is -1.04. The highest BCUT2D eigenvalue weighted by molar-refractivity contribution is 6.11. The molecule has 0 fully saturated rings. The fourth-order valence-electron chi connectivity index (χ4n) is 4.25. The van der Waals surface area contributed by atoms with E-state index in [9.17, 15) is 19.5 Å². The molecule has 1 aliphatic carbocycles. The number of fused-ring (bicyclic) bond motifs is 2. The van der Waals surface area contributed by atoms with Gasteiger partial charge in [-0.25, -0.2) is 0 Å². The summed E-state index contributed by atoms with van der Waals surface area (Å²) < 4.78 is 1.47. The molecule has 0 radical (unpaired) electrons. The van der Waals surface area contributed by atoms with E-state index in [1.807, 2.05) is 24.3 Å². The van der Waals surface area contributed by atoms with E-state index in [1.165, 1.54) is 4.68 Å². The van der Waals surface area contributed by atoms with E-state index in [0.717, 1.165) is 11.1 Å². The zero-order valence-corrected chi connectivity index (χ0v) is 20.9. The molecule has 0 spiro atoms. The third-order valence-corrected chi connectivity index (χ3v) is 6.11. The van der Waals surface area contributed by atoms with Gasteiger partial charge in [0, 0.05) is 23.2 Å². The van der Waals surface area contributed by atoms with Crippen molar-refractivity contribution >= 4 is 40.0 Å². The van der Waals surface area contributed by atoms with Crippen LogP contribution in [-0.4, -0.2) is 44.8 Å². The Morgan fingerprint density at radius 3 is 2.58 bits per heavy atom. The Balaban J connectivity index is 1.34. The highest BCUT2D eigenvalue weighted by Gasteiger charge is 2.27. The fraction of sp³-hybridized carbons (Fsp3) is 0.214. The minimum absolute atomic E-state index is 0.0953. The van der Waals surface area contributed by atoms with Gasteiger partial charge in [0.25, 0.3) is 11.8 Å². The maximum absolute atomic E-state index is 13.2. The van der Waals surface area contributed by atoms with Gasteiger partial charge >= 0.3 is 0 Å². The van der Waals surface area contributed by atoms with Crippen LogP contribution in [0, 0.1) is 5.92 Å². The van der Waals surface area contributed by atoms with E-state index >= 15 is 0 Å². The van der Waals surface area contributed by atoms with Crippen molar-refractivity contribution in [3.05, 3.63) is 89.7 Å². The van der Waals surface area contributed by atoms with Crippen LogP contribution in [0.2, 0.25) is 0 Å². The molecule has 38 heavy (non-hydrogen) atoms. The Hall–Kier alpha value is -4.70. The summed E-state index contributed by atoms with van der Waals surface area (Å²) in [6, 6.07) is 14.3. The van der Waals surface area contributed by atoms with E-state index in [2.05, 4.69) is 26.0 Å². The lowest BCUT2D eigenvalue weighted by Gasteiger charge is -2.19. The molecule has 1 atom stereocenters. The summed E-state index contributed by atoms with van der Waals surface area (Å²) in [6.45, 7) is 3.20. The average molecular weight is 511 g/mol. The standard InChI is InChI=1S/C28H26N6O4/c1-28(2,38)16-29-23(35)15-34-22-10-6-5-9-21(22)25(33-34)27(37)30-18-13-11-17(12-14-18)24-19-7-3-4-8-20(19)26(36)32-31-24/h3-14,20,38H,15-16H2,1-2H3,(H,29,35)(H,30,37). The number of carbonyl (C=O) groups excluding carboxylic acids is 3. The number of aromatic nitrogens is 2. The number of para-hydroxylation sites is 1. The number of hydrogen-bond donors (Lipinski definition) is 3. The topological polar surface area (TPSA) is 138 Å². The second kappa shape index (κ2) is 9.98. The van der Waals surface area contributed by atoms with E-state index in [1.54, 1.807) is 62.4 Å². The predicted octanol–water partition coefficient (Wildman–Crippen LogP) is 3.62. The van der Waals surface area contributed by atoms with E-state index < -0.39 is 17.4 Å². The number of anilines is 1. The zero-order chi connectivity index (χ0) is 26.9. The summed E-state index contributed by atoms with van der Waals surface area (Å²) in [6.07, 6.45) is 7.33. The maximum atomic E-state index is 13.2. The van der Waals surface area contributed by atoms with Gasteiger partial charge in [0.2, 0.25) is 5.91 Å². The van der Waals surface area contributed by atoms with Gasteiger partial charge in [-0.15, -0.1) is 10.2 Å². The van der Waals surface area contributed by atoms with Crippen LogP contribution in [0.4, 0.5) is 5.69 Å². The van der Waals surface area contributed by atoms with Crippen molar-refractivity contribution in [3.63, 3.8) is 0 Å². The lowest BCUT2D eigenvalue weighted by atomic mass is 9.89. The molecule has 2 aromatic carbocycles. The molecule has 1 aromatic heterocycles. The van der Waals surface area contributed by atoms with E-state index in [0.29, 0.717) is 22.3 Å². The van der Waals surface area contributed by atoms with Gasteiger partial charge in [-0.05, 0) is 37.6 Å². The Morgan fingerprint density at radius 2 is 1.82 bits per heavy atom. The van der Waals surface area contributed by atoms with Gasteiger partial charge in [-0.1, -0.05) is 54.6 Å². The monoisotopic (exact) mass is 510 g/mol. The molecule has 0 saturated carbocycles. The number of hydrogen-bond acceptors (Lipinski definition) is 6. The minimum Gasteiger partial charge on any atom is -0.389 e. The molecule has 10 heteroatoms. The number of allylic oxidation sites excluding steroid dienone is 3. The first-order chi connectivity index (χ1) is 18.2. The molecule has 0 bridgehead atoms. The van der Waals surface area contributed by atoms with Gasteiger partial charge in [0.15, 0.2) is 5.69 Å². The summed E-state index contributed by atoms with van der Waals surface area (Å²) >= 11 is 0. The normalized spacial score (nSPS) is 16.6. The third kappa shape index (κ3) is 5.21. The molecule has 10 nitrogen and oxygen atoms in total. The number of azo groups is 1. The van der Waals surface area contributed by atoms with Crippen molar-refractivity contribution in [3.8, 4) is 0 Å². The molecule has 5 rings (SSSR count). The first kappa shape index (κ1) is 25.0. The largest absolute Gasteiger partial charge is 0.389 e. The molecule has 1 unspecified atom stereocenters. The number of carbonyl (C=O) groups is 3. The Kier molecular flexibility index (Phi) is 6.56. The second-order valence-corrected chi connectivity index (χ2v) is 9.71. The van der Waals surface area contributed by atoms with Crippen molar-refractivity contribution in [2.75, 3.05) is 11.9 Å². The Morgan fingerprint density at radius 1 is 1.05 bits per heavy atom. The molecule has 3 aromatic rings. The SMILES string of the molecule is CC(C)(O)CNC(=O)Cn1nc(C(=O)Nc2ccc(C3=C4C=CC=CC4C(=O)N=N3)cc2)c2ccccc21. The van der Waals surface area contributed by atoms with E-state index in [-0.39, 0.29) is 30.6 Å². The summed E-state index contributed by atoms with van der Waals surface area (Å²) in [5.41, 5.74) is 2.50. The van der Waals surface area contributed by atoms with Gasteiger partial charge in [-0.2, -0.15) is 5.10 Å². The van der Waals surface area contributed by atoms with Crippen LogP contribution in [0.5, 0.6) is 0 Å². The molecular formula is C28H26N6O4. The Bertz CT molecular complexity index is 1550. The lowest BCUT2D eigenvalue weighted by Crippen LogP contribution is -2.39. The summed E-state index contributed by atoms with van der Waals surface area (Å²) in [7, 11) is 0. The molecule has 2 aliphatic rings. The van der Waals surface area contributed by atoms with Crippen LogP contribution < -0.4 is 10.6 Å². The molecule has 3 N–H and O–H groups in total. The highest BCUT2D eigenvalue weighted by Crippen LogP contribution is 2.34. The molecule has 192 valence electrons. The molecular weight excluding hydrogens is 484 g/mol. The number of amides is 3. The van der Waals surface area contributed by atoms with Crippen LogP contribution >= 0.6 is 0 Å². The van der Waals surface area contributed by atoms with Crippen molar-refractivity contribution in [1.82, 2.24) is 15.1 Å². The van der Waals surface area contributed by atoms with Crippen molar-refractivity contribution in [2.45, 2.75) is 26.0 Å². The number of nitrogens with one attached hydrogen (secondary N) is 2. The summed E-state index contributed by atoms with van der Waals surface area (Å²) in [5, 5.41) is 28.3. The Labute approximate surface area is 218 Å². The molecule has 0 saturated heterocycles. The highest BCUT2D eigenvalue weighted by atomic mass is 16.3. The molecule has 2 heterocycles. The first-order valence-electron chi connectivity index (χ1n) is 12.1. The predicted molar refractivity (Wildman–Crippen MR) is 142 cm³/mol. The van der Waals surface area contributed by atoms with Crippen LogP contribution in [0.15, 0.2) is 88.6 Å². The maximum Gasteiger partial charge on any atom is 0.276 e. The van der Waals surface area contributed by atoms with Gasteiger partial charge in [0.05, 0.1) is 22.7 Å². The molecule has 3 amide bonds. The van der Waals surface area contributed by atoms with Crippen LogP contribution in [0.1, 0.15) is 29.9 Å². The first-order valence-corrected chi connectivity index (χ1v) is 12.1. The third-order valence-electron chi connectivity index (χ3n) is 6.11. The van der Waals surface area contributed by atoms with Crippen LogP contribution in [0.3, 0.4) is 0 Å². The summed E-state index contributed by atoms with van der Waals surface area (Å²) in [4.78, 5) is 37.7. The quantitative estimate of drug-likeness (QED) is 0.446. The zero-order valence-electron chi connectivity index (χ0n) is 20.9. The van der Waals surface area contributed by atoms with Gasteiger partial charge in [-0.3, -0.25) is 19.1 Å². The number of benzene rings is 2. The number of nitrogens with zero attached hydrogens (tertiary/aromatic N) is 4. The second-order valence-electron chi connectivity index (χ2n) is 9.71. The van der Waals surface area contributed by atoms with Crippen molar-refractivity contribution in [1.29, 1.82) is 0 Å². The number of rotatable bonds is 7. The van der Waals surface area contributed by atoms with Crippen LogP contribution in [0.25, 0.3) is 16.6 Å². The van der Waals surface area contributed by atoms with Gasteiger partial charge < -0.3 is 15.7 Å². The number of aliphatic hydroxyl groups is 1. The average Bonchev–Trinajstić information content (AvgIpc) is 3.27. The molecule has 1 aliphatic heterocycles. The summed E-state index contributed by atoms with van der Waals surface area (Å²) in [5.74, 6) is -1.48. The lowest BCUT2D eigenvalue weighted by molar-refractivity contribution is -0.123. The van der Waals surface area contributed by atoms with Crippen molar-refractivity contribution < 1.29 is 19.5 Å². The van der Waals surface area contributed by atoms with Crippen molar-refractivity contribution in [2.24, 2.45) is 16.1 Å². The van der Waals surface area contributed by atoms with Gasteiger partial charge in [0.1, 0.15) is 6.54 Å².